The second-order valence-corrected chi connectivity index (χ2v) is 9.48. The summed E-state index contributed by atoms with van der Waals surface area (Å²) in [6.07, 6.45) is 4.96. The van der Waals surface area contributed by atoms with Gasteiger partial charge in [-0.25, -0.2) is 0 Å². The predicted molar refractivity (Wildman–Crippen MR) is 143 cm³/mol. The van der Waals surface area contributed by atoms with Crippen molar-refractivity contribution in [2.24, 2.45) is 0 Å². The Morgan fingerprint density at radius 2 is 1.85 bits per heavy atom. The maximum Gasteiger partial charge on any atom is 0.241 e. The lowest BCUT2D eigenvalue weighted by atomic mass is 10.1. The van der Waals surface area contributed by atoms with Crippen LogP contribution < -0.4 is 10.6 Å². The molecule has 1 saturated heterocycles. The van der Waals surface area contributed by atoms with Crippen LogP contribution in [0.3, 0.4) is 0 Å². The van der Waals surface area contributed by atoms with Gasteiger partial charge >= 0.3 is 0 Å². The second kappa shape index (κ2) is 10.2. The standard InChI is InChI=1S/C27H27N5OS/c1-32-18-34-15-14-26(32)27(33)29-21-9-5-8-20(16-21)28-22-11-12-23-24(30-31-25(23)17-22)13-10-19-6-3-2-4-7-19/h2-13,16-17,26,28H,14-15,18H2,1H3,(H,29,33)(H,30,31)/b13-10+. The van der Waals surface area contributed by atoms with Gasteiger partial charge in [0.25, 0.3) is 0 Å². The monoisotopic (exact) mass is 469 g/mol. The van der Waals surface area contributed by atoms with E-state index in [1.165, 1.54) is 0 Å². The van der Waals surface area contributed by atoms with Crippen molar-refractivity contribution < 1.29 is 4.79 Å². The van der Waals surface area contributed by atoms with Crippen molar-refractivity contribution in [3.63, 3.8) is 0 Å². The lowest BCUT2D eigenvalue weighted by molar-refractivity contribution is -0.120. The SMILES string of the molecule is CN1CSCCC1C(=O)Nc1cccc(Nc2ccc3c(/C=C/c4ccccc4)n[nH]c3c2)c1. The van der Waals surface area contributed by atoms with E-state index in [2.05, 4.69) is 50.0 Å². The van der Waals surface area contributed by atoms with Crippen molar-refractivity contribution in [3.05, 3.63) is 84.1 Å². The minimum Gasteiger partial charge on any atom is -0.355 e. The van der Waals surface area contributed by atoms with Crippen molar-refractivity contribution in [1.82, 2.24) is 15.1 Å². The molecule has 0 aliphatic carbocycles. The van der Waals surface area contributed by atoms with Gasteiger partial charge in [0.2, 0.25) is 5.91 Å². The third-order valence-corrected chi connectivity index (χ3v) is 7.02. The van der Waals surface area contributed by atoms with Gasteiger partial charge in [-0.15, -0.1) is 11.8 Å². The zero-order chi connectivity index (χ0) is 23.3. The Hall–Kier alpha value is -3.55. The van der Waals surface area contributed by atoms with E-state index in [9.17, 15) is 4.79 Å². The van der Waals surface area contributed by atoms with Crippen molar-refractivity contribution in [2.75, 3.05) is 29.3 Å². The van der Waals surface area contributed by atoms with Gasteiger partial charge in [-0.05, 0) is 67.3 Å². The molecule has 172 valence electrons. The van der Waals surface area contributed by atoms with Gasteiger partial charge in [0.05, 0.1) is 17.3 Å². The molecule has 1 aliphatic rings. The Morgan fingerprint density at radius 3 is 2.71 bits per heavy atom. The minimum absolute atomic E-state index is 0.0508. The summed E-state index contributed by atoms with van der Waals surface area (Å²) in [6.45, 7) is 0. The molecular formula is C27H27N5OS. The normalized spacial score (nSPS) is 16.7. The number of aromatic amines is 1. The van der Waals surface area contributed by atoms with Crippen LogP contribution in [0.5, 0.6) is 0 Å². The molecule has 7 heteroatoms. The summed E-state index contributed by atoms with van der Waals surface area (Å²) < 4.78 is 0. The van der Waals surface area contributed by atoms with E-state index in [0.29, 0.717) is 0 Å². The van der Waals surface area contributed by atoms with Gasteiger partial charge in [0, 0.05) is 28.3 Å². The summed E-state index contributed by atoms with van der Waals surface area (Å²) in [5, 5.41) is 15.2. The van der Waals surface area contributed by atoms with Crippen LogP contribution in [0.15, 0.2) is 72.8 Å². The second-order valence-electron chi connectivity index (χ2n) is 8.41. The molecule has 3 N–H and O–H groups in total. The molecule has 1 fully saturated rings. The van der Waals surface area contributed by atoms with E-state index in [1.54, 1.807) is 0 Å². The maximum atomic E-state index is 12.7. The molecule has 4 aromatic rings. The van der Waals surface area contributed by atoms with Gasteiger partial charge in [0.1, 0.15) is 0 Å². The van der Waals surface area contributed by atoms with E-state index in [4.69, 9.17) is 0 Å². The van der Waals surface area contributed by atoms with Crippen LogP contribution in [0.2, 0.25) is 0 Å². The van der Waals surface area contributed by atoms with Crippen LogP contribution in [-0.4, -0.2) is 45.7 Å². The molecule has 34 heavy (non-hydrogen) atoms. The fourth-order valence-electron chi connectivity index (χ4n) is 4.10. The first-order valence-electron chi connectivity index (χ1n) is 11.3. The molecule has 3 aromatic carbocycles. The average Bonchev–Trinajstić information content (AvgIpc) is 3.26. The van der Waals surface area contributed by atoms with Crippen LogP contribution in [0, 0.1) is 0 Å². The molecule has 1 unspecified atom stereocenters. The number of nitrogens with zero attached hydrogens (tertiary/aromatic N) is 2. The zero-order valence-electron chi connectivity index (χ0n) is 19.0. The van der Waals surface area contributed by atoms with Crippen molar-refractivity contribution in [1.29, 1.82) is 0 Å². The van der Waals surface area contributed by atoms with E-state index >= 15 is 0 Å². The van der Waals surface area contributed by atoms with Crippen LogP contribution >= 0.6 is 11.8 Å². The number of carbonyl (C=O) groups is 1. The number of hydrogen-bond donors (Lipinski definition) is 3. The van der Waals surface area contributed by atoms with Crippen LogP contribution in [0.4, 0.5) is 17.1 Å². The number of carbonyl (C=O) groups excluding carboxylic acids is 1. The average molecular weight is 470 g/mol. The highest BCUT2D eigenvalue weighted by molar-refractivity contribution is 7.99. The highest BCUT2D eigenvalue weighted by Crippen LogP contribution is 2.26. The summed E-state index contributed by atoms with van der Waals surface area (Å²) in [7, 11) is 2.00. The number of amides is 1. The third-order valence-electron chi connectivity index (χ3n) is 5.91. The van der Waals surface area contributed by atoms with Gasteiger partial charge in [-0.1, -0.05) is 42.5 Å². The molecule has 1 aromatic heterocycles. The highest BCUT2D eigenvalue weighted by Gasteiger charge is 2.26. The molecule has 0 saturated carbocycles. The topological polar surface area (TPSA) is 73.1 Å². The van der Waals surface area contributed by atoms with E-state index in [-0.39, 0.29) is 11.9 Å². The molecule has 1 atom stereocenters. The number of H-pyrrole nitrogens is 1. The Balaban J connectivity index is 1.28. The maximum absolute atomic E-state index is 12.7. The number of aromatic nitrogens is 2. The lowest BCUT2D eigenvalue weighted by Crippen LogP contribution is -2.44. The Bertz CT molecular complexity index is 1320. The largest absolute Gasteiger partial charge is 0.355 e. The Morgan fingerprint density at radius 1 is 1.03 bits per heavy atom. The van der Waals surface area contributed by atoms with Crippen LogP contribution in [-0.2, 0) is 4.79 Å². The van der Waals surface area contributed by atoms with Crippen LogP contribution in [0.25, 0.3) is 23.1 Å². The highest BCUT2D eigenvalue weighted by atomic mass is 32.2. The fourth-order valence-corrected chi connectivity index (χ4v) is 5.08. The molecule has 2 heterocycles. The number of benzene rings is 3. The fraction of sp³-hybridized carbons (Fsp3) is 0.185. The van der Waals surface area contributed by atoms with Crippen molar-refractivity contribution in [2.45, 2.75) is 12.5 Å². The van der Waals surface area contributed by atoms with Gasteiger partial charge in [-0.2, -0.15) is 5.10 Å². The molecule has 1 amide bonds. The molecule has 0 bridgehead atoms. The Kier molecular flexibility index (Phi) is 6.65. The number of anilines is 3. The number of hydrogen-bond acceptors (Lipinski definition) is 5. The van der Waals surface area contributed by atoms with Gasteiger partial charge < -0.3 is 10.6 Å². The smallest absolute Gasteiger partial charge is 0.241 e. The van der Waals surface area contributed by atoms with Crippen molar-refractivity contribution >= 4 is 57.8 Å². The first-order valence-corrected chi connectivity index (χ1v) is 12.5. The molecule has 6 nitrogen and oxygen atoms in total. The van der Waals surface area contributed by atoms with Crippen molar-refractivity contribution in [3.8, 4) is 0 Å². The molecule has 0 spiro atoms. The Labute approximate surface area is 203 Å². The lowest BCUT2D eigenvalue weighted by Gasteiger charge is -2.30. The van der Waals surface area contributed by atoms with Gasteiger partial charge in [0.15, 0.2) is 0 Å². The number of thioether (sulfide) groups is 1. The predicted octanol–water partition coefficient (Wildman–Crippen LogP) is 5.81. The number of fused-ring (bicyclic) bond motifs is 1. The zero-order valence-corrected chi connectivity index (χ0v) is 19.8. The van der Waals surface area contributed by atoms with Gasteiger partial charge in [-0.3, -0.25) is 14.8 Å². The number of likely N-dealkylation sites (N-methyl/N-ethyl adjacent to an activating group) is 1. The summed E-state index contributed by atoms with van der Waals surface area (Å²) in [5.41, 5.74) is 5.65. The summed E-state index contributed by atoms with van der Waals surface area (Å²) >= 11 is 1.86. The first kappa shape index (κ1) is 22.3. The summed E-state index contributed by atoms with van der Waals surface area (Å²) in [5.74, 6) is 1.96. The third kappa shape index (κ3) is 5.16. The number of nitrogens with one attached hydrogen (secondary N) is 3. The van der Waals surface area contributed by atoms with E-state index in [1.807, 2.05) is 79.5 Å². The molecule has 5 rings (SSSR count). The molecule has 1 aliphatic heterocycles. The molecule has 0 radical (unpaired) electrons. The first-order chi connectivity index (χ1) is 16.7. The summed E-state index contributed by atoms with van der Waals surface area (Å²) in [6, 6.07) is 24.1. The van der Waals surface area contributed by atoms with Crippen LogP contribution in [0.1, 0.15) is 17.7 Å². The minimum atomic E-state index is -0.0780. The van der Waals surface area contributed by atoms with E-state index < -0.39 is 0 Å². The number of rotatable bonds is 6. The summed E-state index contributed by atoms with van der Waals surface area (Å²) in [4.78, 5) is 14.8. The quantitative estimate of drug-likeness (QED) is 0.332. The molecular weight excluding hydrogens is 442 g/mol. The van der Waals surface area contributed by atoms with E-state index in [0.717, 1.165) is 57.3 Å².